The van der Waals surface area contributed by atoms with Gasteiger partial charge in [0.05, 0.1) is 12.5 Å². The summed E-state index contributed by atoms with van der Waals surface area (Å²) in [4.78, 5) is 12.5. The summed E-state index contributed by atoms with van der Waals surface area (Å²) in [6.07, 6.45) is 0.600. The molecule has 4 heteroatoms. The number of hydrogen-bond donors (Lipinski definition) is 1. The molecule has 2 aromatic carbocycles. The topological polar surface area (TPSA) is 47.6 Å². The van der Waals surface area contributed by atoms with E-state index in [0.717, 1.165) is 23.5 Å². The minimum Gasteiger partial charge on any atom is -0.486 e. The molecule has 4 nitrogen and oxygen atoms in total. The van der Waals surface area contributed by atoms with Gasteiger partial charge in [0, 0.05) is 0 Å². The smallest absolute Gasteiger partial charge is 0.227 e. The van der Waals surface area contributed by atoms with Crippen molar-refractivity contribution in [3.8, 4) is 11.5 Å². The SMILES string of the molecule is CCC(C(=O)NCC1COc2ccccc2O1)c1ccccc1. The first kappa shape index (κ1) is 15.4. The first-order valence-electron chi connectivity index (χ1n) is 7.99. The van der Waals surface area contributed by atoms with Crippen LogP contribution >= 0.6 is 0 Å². The molecule has 120 valence electrons. The van der Waals surface area contributed by atoms with Crippen molar-refractivity contribution >= 4 is 5.91 Å². The summed E-state index contributed by atoms with van der Waals surface area (Å²) in [5.41, 5.74) is 1.04. The van der Waals surface area contributed by atoms with E-state index < -0.39 is 0 Å². The first-order chi connectivity index (χ1) is 11.3. The summed E-state index contributed by atoms with van der Waals surface area (Å²) >= 11 is 0. The summed E-state index contributed by atoms with van der Waals surface area (Å²) in [5.74, 6) is 1.38. The highest BCUT2D eigenvalue weighted by Gasteiger charge is 2.23. The van der Waals surface area contributed by atoms with Gasteiger partial charge in [-0.15, -0.1) is 0 Å². The fourth-order valence-corrected chi connectivity index (χ4v) is 2.76. The number of para-hydroxylation sites is 2. The van der Waals surface area contributed by atoms with Gasteiger partial charge in [-0.05, 0) is 24.1 Å². The van der Waals surface area contributed by atoms with E-state index in [-0.39, 0.29) is 17.9 Å². The van der Waals surface area contributed by atoms with Gasteiger partial charge in [0.2, 0.25) is 5.91 Å². The van der Waals surface area contributed by atoms with Gasteiger partial charge in [0.25, 0.3) is 0 Å². The van der Waals surface area contributed by atoms with Gasteiger partial charge < -0.3 is 14.8 Å². The molecule has 3 rings (SSSR count). The van der Waals surface area contributed by atoms with Crippen molar-refractivity contribution in [2.24, 2.45) is 0 Å². The number of carbonyl (C=O) groups is 1. The molecule has 1 N–H and O–H groups in total. The lowest BCUT2D eigenvalue weighted by atomic mass is 9.95. The maximum absolute atomic E-state index is 12.5. The van der Waals surface area contributed by atoms with Crippen LogP contribution in [-0.4, -0.2) is 25.2 Å². The van der Waals surface area contributed by atoms with Crippen LogP contribution in [0, 0.1) is 0 Å². The molecule has 2 aromatic rings. The highest BCUT2D eigenvalue weighted by molar-refractivity contribution is 5.83. The van der Waals surface area contributed by atoms with E-state index in [1.165, 1.54) is 0 Å². The van der Waals surface area contributed by atoms with Gasteiger partial charge in [-0.1, -0.05) is 49.4 Å². The zero-order valence-corrected chi connectivity index (χ0v) is 13.2. The predicted octanol–water partition coefficient (Wildman–Crippen LogP) is 3.14. The Kier molecular flexibility index (Phi) is 4.81. The fraction of sp³-hybridized carbons (Fsp3) is 0.316. The summed E-state index contributed by atoms with van der Waals surface area (Å²) in [6, 6.07) is 17.4. The summed E-state index contributed by atoms with van der Waals surface area (Å²) in [7, 11) is 0. The van der Waals surface area contributed by atoms with Crippen LogP contribution in [0.15, 0.2) is 54.6 Å². The average Bonchev–Trinajstić information content (AvgIpc) is 2.61. The molecule has 0 fully saturated rings. The molecule has 1 heterocycles. The number of hydrogen-bond acceptors (Lipinski definition) is 3. The molecular formula is C19H21NO3. The molecule has 2 atom stereocenters. The second-order valence-corrected chi connectivity index (χ2v) is 5.61. The van der Waals surface area contributed by atoms with Crippen molar-refractivity contribution in [2.75, 3.05) is 13.2 Å². The van der Waals surface area contributed by atoms with Gasteiger partial charge >= 0.3 is 0 Å². The van der Waals surface area contributed by atoms with Gasteiger partial charge in [-0.2, -0.15) is 0 Å². The lowest BCUT2D eigenvalue weighted by molar-refractivity contribution is -0.123. The fourth-order valence-electron chi connectivity index (χ4n) is 2.76. The molecule has 2 unspecified atom stereocenters. The number of rotatable bonds is 5. The van der Waals surface area contributed by atoms with Crippen LogP contribution < -0.4 is 14.8 Å². The van der Waals surface area contributed by atoms with Crippen LogP contribution in [-0.2, 0) is 4.79 Å². The third-order valence-electron chi connectivity index (χ3n) is 4.00. The standard InChI is InChI=1S/C19H21NO3/c1-2-16(14-8-4-3-5-9-14)19(21)20-12-15-13-22-17-10-6-7-11-18(17)23-15/h3-11,15-16H,2,12-13H2,1H3,(H,20,21). The van der Waals surface area contributed by atoms with E-state index in [1.807, 2.05) is 61.5 Å². The molecule has 23 heavy (non-hydrogen) atoms. The molecule has 0 saturated heterocycles. The maximum atomic E-state index is 12.5. The maximum Gasteiger partial charge on any atom is 0.227 e. The Morgan fingerprint density at radius 2 is 1.83 bits per heavy atom. The second-order valence-electron chi connectivity index (χ2n) is 5.61. The summed E-state index contributed by atoms with van der Waals surface area (Å²) < 4.78 is 11.5. The zero-order valence-electron chi connectivity index (χ0n) is 13.2. The van der Waals surface area contributed by atoms with Crippen molar-refractivity contribution in [2.45, 2.75) is 25.4 Å². The molecule has 0 saturated carbocycles. The predicted molar refractivity (Wildman–Crippen MR) is 88.8 cm³/mol. The number of fused-ring (bicyclic) bond motifs is 1. The average molecular weight is 311 g/mol. The van der Waals surface area contributed by atoms with Gasteiger partial charge in [-0.25, -0.2) is 0 Å². The van der Waals surface area contributed by atoms with Gasteiger partial charge in [0.1, 0.15) is 12.7 Å². The van der Waals surface area contributed by atoms with E-state index >= 15 is 0 Å². The van der Waals surface area contributed by atoms with Crippen LogP contribution in [0.5, 0.6) is 11.5 Å². The van der Waals surface area contributed by atoms with Crippen molar-refractivity contribution in [1.82, 2.24) is 5.32 Å². The Morgan fingerprint density at radius 1 is 1.13 bits per heavy atom. The van der Waals surface area contributed by atoms with Crippen molar-refractivity contribution in [1.29, 1.82) is 0 Å². The van der Waals surface area contributed by atoms with E-state index in [4.69, 9.17) is 9.47 Å². The van der Waals surface area contributed by atoms with Crippen LogP contribution in [0.1, 0.15) is 24.8 Å². The zero-order chi connectivity index (χ0) is 16.1. The van der Waals surface area contributed by atoms with E-state index in [0.29, 0.717) is 13.2 Å². The molecular weight excluding hydrogens is 290 g/mol. The molecule has 0 bridgehead atoms. The monoisotopic (exact) mass is 311 g/mol. The summed E-state index contributed by atoms with van der Waals surface area (Å²) in [5, 5.41) is 2.99. The number of nitrogens with one attached hydrogen (secondary N) is 1. The molecule has 1 aliphatic rings. The Balaban J connectivity index is 1.57. The Bertz CT molecular complexity index is 657. The third kappa shape index (κ3) is 3.65. The van der Waals surface area contributed by atoms with Crippen molar-refractivity contribution in [3.63, 3.8) is 0 Å². The van der Waals surface area contributed by atoms with Crippen LogP contribution in [0.25, 0.3) is 0 Å². The highest BCUT2D eigenvalue weighted by atomic mass is 16.6. The number of ether oxygens (including phenoxy) is 2. The molecule has 0 spiro atoms. The van der Waals surface area contributed by atoms with Crippen LogP contribution in [0.2, 0.25) is 0 Å². The number of benzene rings is 2. The van der Waals surface area contributed by atoms with Gasteiger partial charge in [0.15, 0.2) is 11.5 Å². The van der Waals surface area contributed by atoms with Crippen LogP contribution in [0.4, 0.5) is 0 Å². The minimum atomic E-state index is -0.165. The molecule has 0 aromatic heterocycles. The first-order valence-corrected chi connectivity index (χ1v) is 7.99. The van der Waals surface area contributed by atoms with Crippen molar-refractivity contribution in [3.05, 3.63) is 60.2 Å². The van der Waals surface area contributed by atoms with Crippen LogP contribution in [0.3, 0.4) is 0 Å². The van der Waals surface area contributed by atoms with E-state index in [9.17, 15) is 4.79 Å². The Morgan fingerprint density at radius 3 is 2.57 bits per heavy atom. The molecule has 0 aliphatic carbocycles. The number of amides is 1. The number of carbonyl (C=O) groups excluding carboxylic acids is 1. The Hall–Kier alpha value is -2.49. The Labute approximate surface area is 136 Å². The van der Waals surface area contributed by atoms with Gasteiger partial charge in [-0.3, -0.25) is 4.79 Å². The molecule has 1 amide bonds. The molecule has 1 aliphatic heterocycles. The third-order valence-corrected chi connectivity index (χ3v) is 4.00. The van der Waals surface area contributed by atoms with E-state index in [2.05, 4.69) is 5.32 Å². The largest absolute Gasteiger partial charge is 0.486 e. The lowest BCUT2D eigenvalue weighted by Gasteiger charge is -2.27. The normalized spacial score (nSPS) is 17.3. The van der Waals surface area contributed by atoms with E-state index in [1.54, 1.807) is 0 Å². The summed E-state index contributed by atoms with van der Waals surface area (Å²) in [6.45, 7) is 2.91. The lowest BCUT2D eigenvalue weighted by Crippen LogP contribution is -2.42. The molecule has 0 radical (unpaired) electrons. The van der Waals surface area contributed by atoms with Crippen molar-refractivity contribution < 1.29 is 14.3 Å². The second kappa shape index (κ2) is 7.18. The minimum absolute atomic E-state index is 0.0289. The highest BCUT2D eigenvalue weighted by Crippen LogP contribution is 2.30. The quantitative estimate of drug-likeness (QED) is 0.923.